The minimum absolute atomic E-state index is 0.0880. The lowest BCUT2D eigenvalue weighted by Crippen LogP contribution is -2.10. The molecule has 0 radical (unpaired) electrons. The lowest BCUT2D eigenvalue weighted by molar-refractivity contribution is -0.384. The summed E-state index contributed by atoms with van der Waals surface area (Å²) in [6.45, 7) is 4.69. The molecule has 19 heavy (non-hydrogen) atoms. The molecule has 0 saturated heterocycles. The third-order valence-corrected chi connectivity index (χ3v) is 2.96. The molecule has 0 aliphatic carbocycles. The first kappa shape index (κ1) is 13.5. The van der Waals surface area contributed by atoms with Crippen molar-refractivity contribution in [3.8, 4) is 0 Å². The van der Waals surface area contributed by atoms with Crippen LogP contribution in [0.2, 0.25) is 5.15 Å². The van der Waals surface area contributed by atoms with Crippen LogP contribution in [0, 0.1) is 16.0 Å². The van der Waals surface area contributed by atoms with Crippen LogP contribution in [-0.4, -0.2) is 16.5 Å². The number of nitrogens with zero attached hydrogens (tertiary/aromatic N) is 2. The number of para-hydroxylation sites is 1. The predicted octanol–water partition coefficient (Wildman–Crippen LogP) is 3.86. The highest BCUT2D eigenvalue weighted by Crippen LogP contribution is 2.37. The molecule has 6 heteroatoms. The van der Waals surface area contributed by atoms with Gasteiger partial charge in [-0.15, -0.1) is 0 Å². The lowest BCUT2D eigenvalue weighted by Gasteiger charge is -2.12. The quantitative estimate of drug-likeness (QED) is 0.524. The van der Waals surface area contributed by atoms with Gasteiger partial charge >= 0.3 is 5.69 Å². The van der Waals surface area contributed by atoms with Crippen molar-refractivity contribution in [2.24, 2.45) is 5.92 Å². The van der Waals surface area contributed by atoms with E-state index >= 15 is 0 Å². The molecule has 0 amide bonds. The fourth-order valence-corrected chi connectivity index (χ4v) is 2.08. The Morgan fingerprint density at radius 2 is 2.11 bits per heavy atom. The van der Waals surface area contributed by atoms with Crippen molar-refractivity contribution in [2.45, 2.75) is 13.8 Å². The van der Waals surface area contributed by atoms with Crippen molar-refractivity contribution in [1.29, 1.82) is 0 Å². The van der Waals surface area contributed by atoms with Crippen LogP contribution < -0.4 is 5.32 Å². The van der Waals surface area contributed by atoms with E-state index in [0.717, 1.165) is 0 Å². The standard InChI is InChI=1S/C13H14ClN3O2/c1-8(2)7-15-11-9-5-3-4-6-10(9)16-13(14)12(11)17(18)19/h3-6,8H,7H2,1-2H3,(H,15,16). The van der Waals surface area contributed by atoms with Crippen LogP contribution >= 0.6 is 11.6 Å². The van der Waals surface area contributed by atoms with E-state index in [4.69, 9.17) is 11.6 Å². The Morgan fingerprint density at radius 1 is 1.42 bits per heavy atom. The van der Waals surface area contributed by atoms with E-state index in [2.05, 4.69) is 10.3 Å². The van der Waals surface area contributed by atoms with E-state index in [0.29, 0.717) is 29.1 Å². The van der Waals surface area contributed by atoms with E-state index < -0.39 is 4.92 Å². The number of hydrogen-bond acceptors (Lipinski definition) is 4. The number of hydrogen-bond donors (Lipinski definition) is 1. The van der Waals surface area contributed by atoms with Crippen LogP contribution in [0.4, 0.5) is 11.4 Å². The average Bonchev–Trinajstić information content (AvgIpc) is 2.34. The normalized spacial score (nSPS) is 10.9. The summed E-state index contributed by atoms with van der Waals surface area (Å²) in [6.07, 6.45) is 0. The van der Waals surface area contributed by atoms with Crippen LogP contribution in [0.15, 0.2) is 24.3 Å². The molecule has 0 bridgehead atoms. The SMILES string of the molecule is CC(C)CNc1c([N+](=O)[O-])c(Cl)nc2ccccc12. The number of halogens is 1. The molecule has 0 unspecified atom stereocenters. The summed E-state index contributed by atoms with van der Waals surface area (Å²) >= 11 is 5.93. The number of rotatable bonds is 4. The minimum Gasteiger partial charge on any atom is -0.379 e. The molecule has 0 spiro atoms. The molecule has 100 valence electrons. The molecule has 0 aliphatic rings. The second-order valence-corrected chi connectivity index (χ2v) is 5.03. The monoisotopic (exact) mass is 279 g/mol. The summed E-state index contributed by atoms with van der Waals surface area (Å²) in [4.78, 5) is 14.7. The van der Waals surface area contributed by atoms with Crippen LogP contribution in [0.3, 0.4) is 0 Å². The van der Waals surface area contributed by atoms with Gasteiger partial charge in [0.15, 0.2) is 0 Å². The number of nitrogens with one attached hydrogen (secondary N) is 1. The van der Waals surface area contributed by atoms with E-state index in [-0.39, 0.29) is 10.8 Å². The van der Waals surface area contributed by atoms with Gasteiger partial charge in [-0.05, 0) is 12.0 Å². The number of benzene rings is 1. The molecule has 1 N–H and O–H groups in total. The summed E-state index contributed by atoms with van der Waals surface area (Å²) in [5.41, 5.74) is 0.916. The van der Waals surface area contributed by atoms with Crippen molar-refractivity contribution in [2.75, 3.05) is 11.9 Å². The zero-order valence-electron chi connectivity index (χ0n) is 10.7. The Balaban J connectivity index is 2.65. The first-order valence-electron chi connectivity index (χ1n) is 5.97. The zero-order valence-corrected chi connectivity index (χ0v) is 11.4. The predicted molar refractivity (Wildman–Crippen MR) is 76.7 cm³/mol. The maximum Gasteiger partial charge on any atom is 0.329 e. The highest BCUT2D eigenvalue weighted by atomic mass is 35.5. The van der Waals surface area contributed by atoms with E-state index in [1.54, 1.807) is 12.1 Å². The van der Waals surface area contributed by atoms with Gasteiger partial charge in [-0.2, -0.15) is 0 Å². The molecule has 2 aromatic rings. The molecule has 0 saturated carbocycles. The number of pyridine rings is 1. The Kier molecular flexibility index (Phi) is 3.85. The Labute approximate surface area is 115 Å². The van der Waals surface area contributed by atoms with Gasteiger partial charge in [0.05, 0.1) is 10.4 Å². The van der Waals surface area contributed by atoms with E-state index in [1.807, 2.05) is 26.0 Å². The van der Waals surface area contributed by atoms with Gasteiger partial charge in [0, 0.05) is 11.9 Å². The van der Waals surface area contributed by atoms with Gasteiger partial charge in [-0.25, -0.2) is 4.98 Å². The Morgan fingerprint density at radius 3 is 2.74 bits per heavy atom. The van der Waals surface area contributed by atoms with Gasteiger partial charge in [-0.3, -0.25) is 10.1 Å². The molecule has 5 nitrogen and oxygen atoms in total. The molecule has 0 fully saturated rings. The van der Waals surface area contributed by atoms with Crippen molar-refractivity contribution >= 4 is 33.9 Å². The first-order chi connectivity index (χ1) is 9.00. The van der Waals surface area contributed by atoms with Gasteiger partial charge in [-0.1, -0.05) is 43.6 Å². The van der Waals surface area contributed by atoms with Crippen molar-refractivity contribution < 1.29 is 4.92 Å². The smallest absolute Gasteiger partial charge is 0.329 e. The molecule has 1 aromatic carbocycles. The molecule has 0 atom stereocenters. The summed E-state index contributed by atoms with van der Waals surface area (Å²) in [5, 5.41) is 14.9. The Bertz CT molecular complexity index is 629. The van der Waals surface area contributed by atoms with Crippen LogP contribution in [-0.2, 0) is 0 Å². The summed E-state index contributed by atoms with van der Waals surface area (Å²) in [7, 11) is 0. The average molecular weight is 280 g/mol. The molecule has 2 rings (SSSR count). The molecular formula is C13H14ClN3O2. The largest absolute Gasteiger partial charge is 0.379 e. The van der Waals surface area contributed by atoms with Crippen LogP contribution in [0.1, 0.15) is 13.8 Å². The summed E-state index contributed by atoms with van der Waals surface area (Å²) in [6, 6.07) is 7.23. The third kappa shape index (κ3) is 2.76. The molecule has 1 heterocycles. The maximum atomic E-state index is 11.2. The minimum atomic E-state index is -0.496. The number of fused-ring (bicyclic) bond motifs is 1. The van der Waals surface area contributed by atoms with Gasteiger partial charge in [0.25, 0.3) is 0 Å². The van der Waals surface area contributed by atoms with Gasteiger partial charge in [0.1, 0.15) is 5.69 Å². The zero-order chi connectivity index (χ0) is 14.0. The second kappa shape index (κ2) is 5.40. The van der Waals surface area contributed by atoms with Gasteiger partial charge < -0.3 is 5.32 Å². The molecule has 0 aliphatic heterocycles. The second-order valence-electron chi connectivity index (χ2n) is 4.68. The third-order valence-electron chi connectivity index (χ3n) is 2.69. The highest BCUT2D eigenvalue weighted by molar-refractivity contribution is 6.33. The van der Waals surface area contributed by atoms with Crippen molar-refractivity contribution in [3.63, 3.8) is 0 Å². The van der Waals surface area contributed by atoms with Crippen molar-refractivity contribution in [3.05, 3.63) is 39.5 Å². The number of nitro groups is 1. The highest BCUT2D eigenvalue weighted by Gasteiger charge is 2.23. The summed E-state index contributed by atoms with van der Waals surface area (Å²) < 4.78 is 0. The Hall–Kier alpha value is -1.88. The topological polar surface area (TPSA) is 68.1 Å². The van der Waals surface area contributed by atoms with Crippen LogP contribution in [0.25, 0.3) is 10.9 Å². The van der Waals surface area contributed by atoms with Crippen LogP contribution in [0.5, 0.6) is 0 Å². The number of anilines is 1. The molecule has 1 aromatic heterocycles. The fourth-order valence-electron chi connectivity index (χ4n) is 1.82. The fraction of sp³-hybridized carbons (Fsp3) is 0.308. The van der Waals surface area contributed by atoms with E-state index in [9.17, 15) is 10.1 Å². The molecular weight excluding hydrogens is 266 g/mol. The van der Waals surface area contributed by atoms with Gasteiger partial charge in [0.2, 0.25) is 5.15 Å². The maximum absolute atomic E-state index is 11.2. The van der Waals surface area contributed by atoms with E-state index in [1.165, 1.54) is 0 Å². The number of aromatic nitrogens is 1. The lowest BCUT2D eigenvalue weighted by atomic mass is 10.1. The van der Waals surface area contributed by atoms with Crippen molar-refractivity contribution in [1.82, 2.24) is 4.98 Å². The first-order valence-corrected chi connectivity index (χ1v) is 6.35. The summed E-state index contributed by atoms with van der Waals surface area (Å²) in [5.74, 6) is 0.366.